The molecule has 0 saturated carbocycles. The Hall–Kier alpha value is -4.13. The molecule has 1 aliphatic rings. The Labute approximate surface area is 211 Å². The molecule has 4 rings (SSSR count). The van der Waals surface area contributed by atoms with Crippen LogP contribution >= 0.6 is 0 Å². The van der Waals surface area contributed by atoms with Gasteiger partial charge in [-0.1, -0.05) is 42.5 Å². The minimum absolute atomic E-state index is 0.0273. The molecule has 0 aromatic heterocycles. The highest BCUT2D eigenvalue weighted by Gasteiger charge is 2.18. The summed E-state index contributed by atoms with van der Waals surface area (Å²) >= 11 is 0. The van der Waals surface area contributed by atoms with E-state index in [1.54, 1.807) is 36.4 Å². The first-order chi connectivity index (χ1) is 17.5. The van der Waals surface area contributed by atoms with Crippen LogP contribution in [-0.4, -0.2) is 42.3 Å². The molecule has 1 heterocycles. The fourth-order valence-electron chi connectivity index (χ4n) is 4.27. The number of hydrogen-bond donors (Lipinski definition) is 3. The van der Waals surface area contributed by atoms with Gasteiger partial charge in [0.2, 0.25) is 5.91 Å². The summed E-state index contributed by atoms with van der Waals surface area (Å²) < 4.78 is 0. The highest BCUT2D eigenvalue weighted by atomic mass is 16.2. The summed E-state index contributed by atoms with van der Waals surface area (Å²) in [6.45, 7) is 3.55. The third-order valence-electron chi connectivity index (χ3n) is 6.26. The van der Waals surface area contributed by atoms with Crippen LogP contribution in [0.5, 0.6) is 0 Å². The number of hydrogen-bond acceptors (Lipinski definition) is 4. The number of anilines is 2. The van der Waals surface area contributed by atoms with Gasteiger partial charge in [0.25, 0.3) is 11.8 Å². The van der Waals surface area contributed by atoms with Crippen LogP contribution in [0.2, 0.25) is 0 Å². The van der Waals surface area contributed by atoms with E-state index in [4.69, 9.17) is 0 Å². The summed E-state index contributed by atoms with van der Waals surface area (Å²) in [5.41, 5.74) is 3.34. The van der Waals surface area contributed by atoms with Crippen molar-refractivity contribution in [1.29, 1.82) is 0 Å². The zero-order valence-electron chi connectivity index (χ0n) is 20.5. The van der Waals surface area contributed by atoms with Gasteiger partial charge < -0.3 is 20.9 Å². The molecular formula is C29H32N4O3. The number of benzene rings is 3. The van der Waals surface area contributed by atoms with Gasteiger partial charge in [-0.25, -0.2) is 0 Å². The van der Waals surface area contributed by atoms with E-state index in [0.29, 0.717) is 22.5 Å². The maximum Gasteiger partial charge on any atom is 0.253 e. The molecule has 3 N–H and O–H groups in total. The molecule has 7 nitrogen and oxygen atoms in total. The predicted molar refractivity (Wildman–Crippen MR) is 142 cm³/mol. The molecule has 0 bridgehead atoms. The molecule has 1 unspecified atom stereocenters. The number of piperidine rings is 1. The van der Waals surface area contributed by atoms with E-state index in [1.165, 1.54) is 6.42 Å². The molecule has 3 aromatic carbocycles. The topological polar surface area (TPSA) is 90.5 Å². The summed E-state index contributed by atoms with van der Waals surface area (Å²) in [5, 5.41) is 8.89. The summed E-state index contributed by atoms with van der Waals surface area (Å²) in [6, 6.07) is 23.7. The molecule has 3 aromatic rings. The van der Waals surface area contributed by atoms with E-state index >= 15 is 0 Å². The van der Waals surface area contributed by atoms with E-state index in [9.17, 15) is 14.4 Å². The van der Waals surface area contributed by atoms with Crippen molar-refractivity contribution in [2.75, 3.05) is 30.3 Å². The molecule has 186 valence electrons. The number of amides is 3. The summed E-state index contributed by atoms with van der Waals surface area (Å²) in [7, 11) is 0. The van der Waals surface area contributed by atoms with E-state index in [2.05, 4.69) is 16.0 Å². The van der Waals surface area contributed by atoms with Crippen molar-refractivity contribution in [3.05, 3.63) is 95.6 Å². The first-order valence-corrected chi connectivity index (χ1v) is 12.4. The molecular weight excluding hydrogens is 452 g/mol. The van der Waals surface area contributed by atoms with E-state index in [1.807, 2.05) is 54.3 Å². The molecule has 0 aliphatic carbocycles. The van der Waals surface area contributed by atoms with Gasteiger partial charge >= 0.3 is 0 Å². The minimum atomic E-state index is -0.252. The fourth-order valence-corrected chi connectivity index (χ4v) is 4.27. The lowest BCUT2D eigenvalue weighted by Crippen LogP contribution is -2.35. The average molecular weight is 485 g/mol. The third-order valence-corrected chi connectivity index (χ3v) is 6.26. The molecule has 0 radical (unpaired) electrons. The second-order valence-electron chi connectivity index (χ2n) is 9.02. The maximum atomic E-state index is 12.8. The van der Waals surface area contributed by atoms with Crippen LogP contribution < -0.4 is 16.0 Å². The predicted octanol–water partition coefficient (Wildman–Crippen LogP) is 4.85. The summed E-state index contributed by atoms with van der Waals surface area (Å²) in [6.07, 6.45) is 3.25. The molecule has 1 saturated heterocycles. The number of likely N-dealkylation sites (tertiary alicyclic amines) is 1. The zero-order valence-corrected chi connectivity index (χ0v) is 20.5. The number of carbonyl (C=O) groups is 3. The third kappa shape index (κ3) is 6.72. The van der Waals surface area contributed by atoms with Gasteiger partial charge in [-0.3, -0.25) is 14.4 Å². The first-order valence-electron chi connectivity index (χ1n) is 12.4. The Morgan fingerprint density at radius 1 is 0.806 bits per heavy atom. The average Bonchev–Trinajstić information content (AvgIpc) is 2.92. The van der Waals surface area contributed by atoms with Gasteiger partial charge in [-0.2, -0.15) is 0 Å². The fraction of sp³-hybridized carbons (Fsp3) is 0.276. The number of rotatable bonds is 8. The van der Waals surface area contributed by atoms with Crippen molar-refractivity contribution >= 4 is 29.1 Å². The Balaban J connectivity index is 1.30. The molecule has 1 atom stereocenters. The van der Waals surface area contributed by atoms with Crippen molar-refractivity contribution < 1.29 is 14.4 Å². The lowest BCUT2D eigenvalue weighted by molar-refractivity contribution is -0.114. The van der Waals surface area contributed by atoms with Crippen LogP contribution in [0, 0.1) is 0 Å². The lowest BCUT2D eigenvalue weighted by Gasteiger charge is -2.26. The van der Waals surface area contributed by atoms with Crippen LogP contribution in [0.3, 0.4) is 0 Å². The highest BCUT2D eigenvalue weighted by molar-refractivity contribution is 5.98. The van der Waals surface area contributed by atoms with Crippen LogP contribution in [0.25, 0.3) is 0 Å². The minimum Gasteiger partial charge on any atom is -0.376 e. The first kappa shape index (κ1) is 25.0. The number of nitrogens with zero attached hydrogens (tertiary/aromatic N) is 1. The second-order valence-corrected chi connectivity index (χ2v) is 9.02. The van der Waals surface area contributed by atoms with Gasteiger partial charge in [-0.05, 0) is 68.1 Å². The van der Waals surface area contributed by atoms with Gasteiger partial charge in [0.05, 0.1) is 12.6 Å². The quantitative estimate of drug-likeness (QED) is 0.426. The molecule has 1 fully saturated rings. The molecule has 7 heteroatoms. The SMILES string of the molecule is CC(NC(=O)c1cccc(NC(=O)CNc2cccc(C(=O)N3CCCCC3)c2)c1)c1ccccc1. The van der Waals surface area contributed by atoms with Gasteiger partial charge in [-0.15, -0.1) is 0 Å². The second kappa shape index (κ2) is 12.0. The van der Waals surface area contributed by atoms with E-state index < -0.39 is 0 Å². The monoisotopic (exact) mass is 484 g/mol. The summed E-state index contributed by atoms with van der Waals surface area (Å²) in [5.74, 6) is -0.437. The Morgan fingerprint density at radius 3 is 2.22 bits per heavy atom. The lowest BCUT2D eigenvalue weighted by atomic mass is 10.1. The van der Waals surface area contributed by atoms with Crippen molar-refractivity contribution in [2.45, 2.75) is 32.2 Å². The van der Waals surface area contributed by atoms with Crippen LogP contribution in [0.1, 0.15) is 58.5 Å². The van der Waals surface area contributed by atoms with Gasteiger partial charge in [0.1, 0.15) is 0 Å². The van der Waals surface area contributed by atoms with Crippen LogP contribution in [-0.2, 0) is 4.79 Å². The van der Waals surface area contributed by atoms with Crippen molar-refractivity contribution in [3.8, 4) is 0 Å². The molecule has 0 spiro atoms. The number of nitrogens with one attached hydrogen (secondary N) is 3. The standard InChI is InChI=1S/C29H32N4O3/c1-21(22-10-4-2-5-11-22)31-28(35)23-12-8-15-26(18-23)32-27(34)20-30-25-14-9-13-24(19-25)29(36)33-16-6-3-7-17-33/h2,4-5,8-15,18-19,21,30H,3,6-7,16-17,20H2,1H3,(H,31,35)(H,32,34). The molecule has 1 aliphatic heterocycles. The Morgan fingerprint density at radius 2 is 1.47 bits per heavy atom. The van der Waals surface area contributed by atoms with Gasteiger partial charge in [0.15, 0.2) is 0 Å². The number of carbonyl (C=O) groups excluding carboxylic acids is 3. The van der Waals surface area contributed by atoms with Crippen LogP contribution in [0.4, 0.5) is 11.4 Å². The molecule has 36 heavy (non-hydrogen) atoms. The van der Waals surface area contributed by atoms with Crippen molar-refractivity contribution in [3.63, 3.8) is 0 Å². The normalized spacial score (nSPS) is 14.0. The summed E-state index contributed by atoms with van der Waals surface area (Å²) in [4.78, 5) is 39.9. The van der Waals surface area contributed by atoms with E-state index in [0.717, 1.165) is 31.5 Å². The maximum absolute atomic E-state index is 12.8. The smallest absolute Gasteiger partial charge is 0.253 e. The van der Waals surface area contributed by atoms with Crippen LogP contribution in [0.15, 0.2) is 78.9 Å². The molecule has 3 amide bonds. The van der Waals surface area contributed by atoms with E-state index in [-0.39, 0.29) is 30.3 Å². The van der Waals surface area contributed by atoms with Crippen molar-refractivity contribution in [2.24, 2.45) is 0 Å². The van der Waals surface area contributed by atoms with Crippen molar-refractivity contribution in [1.82, 2.24) is 10.2 Å². The Kier molecular flexibility index (Phi) is 8.34. The van der Waals surface area contributed by atoms with Gasteiger partial charge in [0, 0.05) is 35.6 Å². The Bertz CT molecular complexity index is 1210. The highest BCUT2D eigenvalue weighted by Crippen LogP contribution is 2.17. The zero-order chi connectivity index (χ0) is 25.3. The largest absolute Gasteiger partial charge is 0.376 e.